The third-order valence-electron chi connectivity index (χ3n) is 3.94. The Morgan fingerprint density at radius 1 is 1.19 bits per heavy atom. The van der Waals surface area contributed by atoms with E-state index in [1.54, 1.807) is 55.3 Å². The minimum atomic E-state index is -0.605. The van der Waals surface area contributed by atoms with E-state index in [0.29, 0.717) is 29.3 Å². The molecule has 0 aliphatic heterocycles. The number of halogens is 1. The summed E-state index contributed by atoms with van der Waals surface area (Å²) >= 11 is 7.59. The minimum absolute atomic E-state index is 0.217. The molecular formula is C20H23ClN2O3S. The lowest BCUT2D eigenvalue weighted by atomic mass is 10.1. The molecule has 1 atom stereocenters. The van der Waals surface area contributed by atoms with Crippen LogP contribution in [0, 0.1) is 0 Å². The van der Waals surface area contributed by atoms with Crippen LogP contribution in [-0.4, -0.2) is 37.0 Å². The molecule has 0 bridgehead atoms. The third kappa shape index (κ3) is 6.81. The Balaban J connectivity index is 1.99. The van der Waals surface area contributed by atoms with Gasteiger partial charge in [0.25, 0.3) is 5.91 Å². The zero-order valence-corrected chi connectivity index (χ0v) is 16.9. The largest absolute Gasteiger partial charge is 0.497 e. The van der Waals surface area contributed by atoms with E-state index in [-0.39, 0.29) is 11.8 Å². The SMILES string of the molecule is COc1ccc(C(=O)N[C@@H](CCSC)C(=O)NCc2cccc(Cl)c2)cc1. The zero-order chi connectivity index (χ0) is 19.6. The standard InChI is InChI=1S/C20H23ClN2O3S/c1-26-17-8-6-15(7-9-17)19(24)23-18(10-11-27-2)20(25)22-13-14-4-3-5-16(21)12-14/h3-9,12,18H,10-11,13H2,1-2H3,(H,22,25)(H,23,24)/t18-/m0/s1. The molecule has 2 amide bonds. The van der Waals surface area contributed by atoms with E-state index in [2.05, 4.69) is 10.6 Å². The summed E-state index contributed by atoms with van der Waals surface area (Å²) in [7, 11) is 1.57. The van der Waals surface area contributed by atoms with Gasteiger partial charge < -0.3 is 15.4 Å². The van der Waals surface area contributed by atoms with Crippen LogP contribution in [-0.2, 0) is 11.3 Å². The summed E-state index contributed by atoms with van der Waals surface area (Å²) < 4.78 is 5.10. The summed E-state index contributed by atoms with van der Waals surface area (Å²) in [6.07, 6.45) is 2.51. The molecule has 2 rings (SSSR count). The van der Waals surface area contributed by atoms with E-state index in [1.807, 2.05) is 18.4 Å². The summed E-state index contributed by atoms with van der Waals surface area (Å²) in [4.78, 5) is 25.1. The van der Waals surface area contributed by atoms with Gasteiger partial charge in [-0.15, -0.1) is 0 Å². The van der Waals surface area contributed by atoms with Gasteiger partial charge in [-0.2, -0.15) is 11.8 Å². The minimum Gasteiger partial charge on any atom is -0.497 e. The summed E-state index contributed by atoms with van der Waals surface area (Å²) in [6.45, 7) is 0.355. The Morgan fingerprint density at radius 2 is 1.93 bits per heavy atom. The van der Waals surface area contributed by atoms with Crippen LogP contribution in [0.2, 0.25) is 5.02 Å². The molecule has 0 aliphatic carbocycles. The molecule has 144 valence electrons. The molecular weight excluding hydrogens is 384 g/mol. The van der Waals surface area contributed by atoms with Crippen LogP contribution < -0.4 is 15.4 Å². The van der Waals surface area contributed by atoms with Crippen molar-refractivity contribution in [3.8, 4) is 5.75 Å². The lowest BCUT2D eigenvalue weighted by Gasteiger charge is -2.18. The van der Waals surface area contributed by atoms with Crippen molar-refractivity contribution in [1.29, 1.82) is 0 Å². The van der Waals surface area contributed by atoms with E-state index >= 15 is 0 Å². The van der Waals surface area contributed by atoms with Crippen molar-refractivity contribution < 1.29 is 14.3 Å². The van der Waals surface area contributed by atoms with E-state index in [0.717, 1.165) is 11.3 Å². The number of hydrogen-bond acceptors (Lipinski definition) is 4. The summed E-state index contributed by atoms with van der Waals surface area (Å²) in [6, 6.07) is 13.5. The van der Waals surface area contributed by atoms with Gasteiger partial charge in [0.1, 0.15) is 11.8 Å². The summed E-state index contributed by atoms with van der Waals surface area (Å²) in [5.41, 5.74) is 1.38. The van der Waals surface area contributed by atoms with Crippen LogP contribution in [0.15, 0.2) is 48.5 Å². The third-order valence-corrected chi connectivity index (χ3v) is 4.82. The van der Waals surface area contributed by atoms with Crippen molar-refractivity contribution in [2.75, 3.05) is 19.1 Å². The van der Waals surface area contributed by atoms with Crippen molar-refractivity contribution >= 4 is 35.2 Å². The molecule has 2 aromatic rings. The lowest BCUT2D eigenvalue weighted by molar-refractivity contribution is -0.123. The van der Waals surface area contributed by atoms with Gasteiger partial charge >= 0.3 is 0 Å². The van der Waals surface area contributed by atoms with Crippen LogP contribution in [0.3, 0.4) is 0 Å². The highest BCUT2D eigenvalue weighted by Gasteiger charge is 2.21. The molecule has 0 aromatic heterocycles. The van der Waals surface area contributed by atoms with Crippen molar-refractivity contribution in [2.45, 2.75) is 19.0 Å². The number of amides is 2. The van der Waals surface area contributed by atoms with Gasteiger partial charge in [-0.3, -0.25) is 9.59 Å². The fourth-order valence-electron chi connectivity index (χ4n) is 2.45. The Morgan fingerprint density at radius 3 is 2.56 bits per heavy atom. The van der Waals surface area contributed by atoms with Gasteiger partial charge in [-0.25, -0.2) is 0 Å². The Hall–Kier alpha value is -2.18. The molecule has 0 saturated carbocycles. The molecule has 5 nitrogen and oxygen atoms in total. The number of methoxy groups -OCH3 is 1. The molecule has 0 aliphatic rings. The van der Waals surface area contributed by atoms with Crippen molar-refractivity contribution in [3.05, 3.63) is 64.7 Å². The maximum atomic E-state index is 12.6. The van der Waals surface area contributed by atoms with Crippen LogP contribution in [0.1, 0.15) is 22.3 Å². The number of thioether (sulfide) groups is 1. The van der Waals surface area contributed by atoms with Crippen LogP contribution in [0.4, 0.5) is 0 Å². The average molecular weight is 407 g/mol. The highest BCUT2D eigenvalue weighted by atomic mass is 35.5. The first-order valence-electron chi connectivity index (χ1n) is 8.49. The van der Waals surface area contributed by atoms with E-state index in [4.69, 9.17) is 16.3 Å². The second-order valence-corrected chi connectivity index (χ2v) is 7.31. The molecule has 0 fully saturated rings. The van der Waals surface area contributed by atoms with Gasteiger partial charge in [0.05, 0.1) is 7.11 Å². The van der Waals surface area contributed by atoms with E-state index in [9.17, 15) is 9.59 Å². The van der Waals surface area contributed by atoms with Gasteiger partial charge in [-0.1, -0.05) is 23.7 Å². The smallest absolute Gasteiger partial charge is 0.251 e. The lowest BCUT2D eigenvalue weighted by Crippen LogP contribution is -2.46. The first-order valence-corrected chi connectivity index (χ1v) is 10.3. The monoisotopic (exact) mass is 406 g/mol. The average Bonchev–Trinajstić information content (AvgIpc) is 2.69. The number of carbonyl (C=O) groups excluding carboxylic acids is 2. The first kappa shape index (κ1) is 21.1. The van der Waals surface area contributed by atoms with Crippen LogP contribution >= 0.6 is 23.4 Å². The molecule has 27 heavy (non-hydrogen) atoms. The quantitative estimate of drug-likeness (QED) is 0.668. The van der Waals surface area contributed by atoms with Crippen LogP contribution in [0.5, 0.6) is 5.75 Å². The molecule has 7 heteroatoms. The molecule has 0 heterocycles. The molecule has 0 spiro atoms. The normalized spacial score (nSPS) is 11.5. The van der Waals surface area contributed by atoms with E-state index < -0.39 is 6.04 Å². The predicted octanol–water partition coefficient (Wildman–Crippen LogP) is 3.52. The molecule has 0 saturated heterocycles. The summed E-state index contributed by atoms with van der Waals surface area (Å²) in [5.74, 6) is 0.926. The zero-order valence-electron chi connectivity index (χ0n) is 15.3. The van der Waals surface area contributed by atoms with Gasteiger partial charge in [-0.05, 0) is 60.4 Å². The van der Waals surface area contributed by atoms with Crippen molar-refractivity contribution in [1.82, 2.24) is 10.6 Å². The van der Waals surface area contributed by atoms with Gasteiger partial charge in [0, 0.05) is 17.1 Å². The van der Waals surface area contributed by atoms with E-state index in [1.165, 1.54) is 0 Å². The highest BCUT2D eigenvalue weighted by molar-refractivity contribution is 7.98. The molecule has 0 radical (unpaired) electrons. The number of hydrogen-bond donors (Lipinski definition) is 2. The highest BCUT2D eigenvalue weighted by Crippen LogP contribution is 2.13. The maximum Gasteiger partial charge on any atom is 0.251 e. The fraction of sp³-hybridized carbons (Fsp3) is 0.300. The second-order valence-electron chi connectivity index (χ2n) is 5.88. The van der Waals surface area contributed by atoms with Crippen molar-refractivity contribution in [3.63, 3.8) is 0 Å². The second kappa shape index (κ2) is 10.8. The number of nitrogens with one attached hydrogen (secondary N) is 2. The Bertz CT molecular complexity index is 768. The van der Waals surface area contributed by atoms with Crippen LogP contribution in [0.25, 0.3) is 0 Å². The first-order chi connectivity index (χ1) is 13.0. The van der Waals surface area contributed by atoms with Crippen molar-refractivity contribution in [2.24, 2.45) is 0 Å². The fourth-order valence-corrected chi connectivity index (χ4v) is 3.13. The molecule has 2 aromatic carbocycles. The maximum absolute atomic E-state index is 12.6. The van der Waals surface area contributed by atoms with Gasteiger partial charge in [0.15, 0.2) is 0 Å². The number of benzene rings is 2. The Kier molecular flexibility index (Phi) is 8.48. The summed E-state index contributed by atoms with van der Waals surface area (Å²) in [5, 5.41) is 6.31. The number of ether oxygens (including phenoxy) is 1. The topological polar surface area (TPSA) is 67.4 Å². The number of rotatable bonds is 9. The Labute approximate surface area is 168 Å². The number of carbonyl (C=O) groups is 2. The molecule has 2 N–H and O–H groups in total. The van der Waals surface area contributed by atoms with Gasteiger partial charge in [0.2, 0.25) is 5.91 Å². The predicted molar refractivity (Wildman–Crippen MR) is 111 cm³/mol. The molecule has 0 unspecified atom stereocenters.